The van der Waals surface area contributed by atoms with Crippen molar-refractivity contribution in [2.45, 2.75) is 45.1 Å². The second-order valence-corrected chi connectivity index (χ2v) is 7.70. The van der Waals surface area contributed by atoms with Crippen molar-refractivity contribution in [1.82, 2.24) is 19.6 Å². The third-order valence-corrected chi connectivity index (χ3v) is 5.83. The topological polar surface area (TPSA) is 58.4 Å². The van der Waals surface area contributed by atoms with Gasteiger partial charge in [-0.2, -0.15) is 5.10 Å². The lowest BCUT2D eigenvalue weighted by Gasteiger charge is -2.35. The van der Waals surface area contributed by atoms with Crippen LogP contribution in [0.1, 0.15) is 47.3 Å². The molecule has 6 nitrogen and oxygen atoms in total. The third kappa shape index (κ3) is 4.11. The SMILES string of the molecule is O=C(CCCc1ccccc1)N1CCN(C(=O)c2cnn3c2CCCC3)CC1. The van der Waals surface area contributed by atoms with E-state index in [9.17, 15) is 9.59 Å². The van der Waals surface area contributed by atoms with Crippen LogP contribution in [0.25, 0.3) is 0 Å². The van der Waals surface area contributed by atoms with Crippen LogP contribution in [0.15, 0.2) is 36.5 Å². The molecule has 2 amide bonds. The fourth-order valence-electron chi connectivity index (χ4n) is 4.18. The Labute approximate surface area is 166 Å². The van der Waals surface area contributed by atoms with Gasteiger partial charge >= 0.3 is 0 Å². The molecule has 1 saturated heterocycles. The highest BCUT2D eigenvalue weighted by molar-refractivity contribution is 5.95. The zero-order valence-corrected chi connectivity index (χ0v) is 16.3. The van der Waals surface area contributed by atoms with E-state index in [0.29, 0.717) is 32.6 Å². The molecule has 1 fully saturated rings. The fourth-order valence-corrected chi connectivity index (χ4v) is 4.18. The van der Waals surface area contributed by atoms with Crippen LogP contribution in [0.2, 0.25) is 0 Å². The highest BCUT2D eigenvalue weighted by atomic mass is 16.2. The van der Waals surface area contributed by atoms with E-state index in [1.165, 1.54) is 5.56 Å². The van der Waals surface area contributed by atoms with Gasteiger partial charge in [0.1, 0.15) is 0 Å². The number of aromatic nitrogens is 2. The summed E-state index contributed by atoms with van der Waals surface area (Å²) in [5, 5.41) is 4.38. The minimum absolute atomic E-state index is 0.0688. The van der Waals surface area contributed by atoms with Gasteiger partial charge in [-0.15, -0.1) is 0 Å². The number of amides is 2. The first-order valence-corrected chi connectivity index (χ1v) is 10.4. The molecule has 0 radical (unpaired) electrons. The van der Waals surface area contributed by atoms with Gasteiger partial charge < -0.3 is 9.80 Å². The van der Waals surface area contributed by atoms with Gasteiger partial charge in [0.15, 0.2) is 0 Å². The summed E-state index contributed by atoms with van der Waals surface area (Å²) in [7, 11) is 0. The number of rotatable bonds is 5. The first kappa shape index (κ1) is 18.7. The number of hydrogen-bond acceptors (Lipinski definition) is 3. The van der Waals surface area contributed by atoms with Crippen LogP contribution < -0.4 is 0 Å². The summed E-state index contributed by atoms with van der Waals surface area (Å²) < 4.78 is 1.98. The van der Waals surface area contributed by atoms with Gasteiger partial charge in [0, 0.05) is 39.1 Å². The molecular formula is C22H28N4O2. The lowest BCUT2D eigenvalue weighted by molar-refractivity contribution is -0.132. The molecule has 28 heavy (non-hydrogen) atoms. The second-order valence-electron chi connectivity index (χ2n) is 7.70. The summed E-state index contributed by atoms with van der Waals surface area (Å²) in [6, 6.07) is 10.3. The van der Waals surface area contributed by atoms with E-state index in [0.717, 1.165) is 49.9 Å². The number of carbonyl (C=O) groups is 2. The van der Waals surface area contributed by atoms with Gasteiger partial charge in [0.2, 0.25) is 5.91 Å². The Bertz CT molecular complexity index is 822. The maximum atomic E-state index is 12.9. The summed E-state index contributed by atoms with van der Waals surface area (Å²) in [6.07, 6.45) is 7.28. The van der Waals surface area contributed by atoms with Crippen molar-refractivity contribution in [1.29, 1.82) is 0 Å². The van der Waals surface area contributed by atoms with Crippen molar-refractivity contribution in [2.24, 2.45) is 0 Å². The van der Waals surface area contributed by atoms with Crippen LogP contribution in [0.4, 0.5) is 0 Å². The van der Waals surface area contributed by atoms with Crippen molar-refractivity contribution in [3.8, 4) is 0 Å². The first-order valence-electron chi connectivity index (χ1n) is 10.4. The van der Waals surface area contributed by atoms with Crippen molar-refractivity contribution < 1.29 is 9.59 Å². The number of piperazine rings is 1. The molecule has 6 heteroatoms. The minimum Gasteiger partial charge on any atom is -0.339 e. The van der Waals surface area contributed by atoms with Gasteiger partial charge in [-0.25, -0.2) is 0 Å². The molecule has 0 spiro atoms. The molecule has 0 unspecified atom stereocenters. The zero-order valence-electron chi connectivity index (χ0n) is 16.3. The molecule has 2 aliphatic rings. The largest absolute Gasteiger partial charge is 0.339 e. The number of hydrogen-bond donors (Lipinski definition) is 0. The minimum atomic E-state index is 0.0688. The second kappa shape index (κ2) is 8.59. The van der Waals surface area contributed by atoms with Crippen LogP contribution in [-0.2, 0) is 24.2 Å². The van der Waals surface area contributed by atoms with Crippen LogP contribution in [0.3, 0.4) is 0 Å². The van der Waals surface area contributed by atoms with Crippen LogP contribution in [-0.4, -0.2) is 57.6 Å². The van der Waals surface area contributed by atoms with E-state index in [2.05, 4.69) is 17.2 Å². The maximum absolute atomic E-state index is 12.9. The Hall–Kier alpha value is -2.63. The van der Waals surface area contributed by atoms with Gasteiger partial charge in [0.05, 0.1) is 17.5 Å². The molecular weight excluding hydrogens is 352 g/mol. The molecule has 0 aliphatic carbocycles. The number of aryl methyl sites for hydroxylation is 2. The van der Waals surface area contributed by atoms with E-state index in [-0.39, 0.29) is 11.8 Å². The molecule has 0 N–H and O–H groups in total. The highest BCUT2D eigenvalue weighted by Gasteiger charge is 2.28. The summed E-state index contributed by atoms with van der Waals surface area (Å²) in [5.74, 6) is 0.269. The van der Waals surface area contributed by atoms with Crippen LogP contribution in [0, 0.1) is 0 Å². The predicted octanol–water partition coefficient (Wildman–Crippen LogP) is 2.53. The van der Waals surface area contributed by atoms with Crippen molar-refractivity contribution >= 4 is 11.8 Å². The summed E-state index contributed by atoms with van der Waals surface area (Å²) in [6.45, 7) is 3.37. The molecule has 0 saturated carbocycles. The Kier molecular flexibility index (Phi) is 5.74. The molecule has 2 aromatic rings. The molecule has 3 heterocycles. The lowest BCUT2D eigenvalue weighted by Crippen LogP contribution is -2.50. The van der Waals surface area contributed by atoms with Crippen LogP contribution in [0.5, 0.6) is 0 Å². The first-order chi connectivity index (χ1) is 13.7. The van der Waals surface area contributed by atoms with E-state index in [1.54, 1.807) is 6.20 Å². The number of benzene rings is 1. The zero-order chi connectivity index (χ0) is 19.3. The molecule has 2 aliphatic heterocycles. The normalized spacial score (nSPS) is 16.7. The summed E-state index contributed by atoms with van der Waals surface area (Å²) in [4.78, 5) is 29.2. The number of carbonyl (C=O) groups excluding carboxylic acids is 2. The van der Waals surface area contributed by atoms with Crippen LogP contribution >= 0.6 is 0 Å². The third-order valence-electron chi connectivity index (χ3n) is 5.83. The smallest absolute Gasteiger partial charge is 0.257 e. The summed E-state index contributed by atoms with van der Waals surface area (Å²) >= 11 is 0. The van der Waals surface area contributed by atoms with E-state index >= 15 is 0 Å². The average molecular weight is 380 g/mol. The molecule has 0 bridgehead atoms. The van der Waals surface area contributed by atoms with Gasteiger partial charge in [-0.05, 0) is 37.7 Å². The van der Waals surface area contributed by atoms with E-state index in [1.807, 2.05) is 32.7 Å². The predicted molar refractivity (Wildman–Crippen MR) is 107 cm³/mol. The van der Waals surface area contributed by atoms with Crippen molar-refractivity contribution in [3.63, 3.8) is 0 Å². The van der Waals surface area contributed by atoms with Gasteiger partial charge in [-0.3, -0.25) is 14.3 Å². The molecule has 1 aromatic heterocycles. The molecule has 148 valence electrons. The van der Waals surface area contributed by atoms with Crippen molar-refractivity contribution in [2.75, 3.05) is 26.2 Å². The fraction of sp³-hybridized carbons (Fsp3) is 0.500. The Morgan fingerprint density at radius 2 is 1.68 bits per heavy atom. The quantitative estimate of drug-likeness (QED) is 0.801. The summed E-state index contributed by atoms with van der Waals surface area (Å²) in [5.41, 5.74) is 3.10. The van der Waals surface area contributed by atoms with Gasteiger partial charge in [0.25, 0.3) is 5.91 Å². The molecule has 1 aromatic carbocycles. The van der Waals surface area contributed by atoms with Crippen molar-refractivity contribution in [3.05, 3.63) is 53.3 Å². The van der Waals surface area contributed by atoms with E-state index in [4.69, 9.17) is 0 Å². The van der Waals surface area contributed by atoms with Gasteiger partial charge in [-0.1, -0.05) is 30.3 Å². The Balaban J connectivity index is 1.25. The monoisotopic (exact) mass is 380 g/mol. The average Bonchev–Trinajstić information content (AvgIpc) is 3.18. The number of nitrogens with zero attached hydrogens (tertiary/aromatic N) is 4. The number of fused-ring (bicyclic) bond motifs is 1. The standard InChI is InChI=1S/C22H28N4O2/c27-21(11-6-9-18-7-2-1-3-8-18)24-13-15-25(16-14-24)22(28)19-17-23-26-12-5-4-10-20(19)26/h1-3,7-8,17H,4-6,9-16H2. The Morgan fingerprint density at radius 3 is 2.46 bits per heavy atom. The molecule has 4 rings (SSSR count). The Morgan fingerprint density at radius 1 is 0.929 bits per heavy atom. The highest BCUT2D eigenvalue weighted by Crippen LogP contribution is 2.20. The molecule has 0 atom stereocenters. The maximum Gasteiger partial charge on any atom is 0.257 e. The lowest BCUT2D eigenvalue weighted by atomic mass is 10.1. The van der Waals surface area contributed by atoms with E-state index < -0.39 is 0 Å².